The number of hydrogen-bond acceptors (Lipinski definition) is 3. The van der Waals surface area contributed by atoms with Crippen LogP contribution in [0.5, 0.6) is 0 Å². The van der Waals surface area contributed by atoms with Crippen molar-refractivity contribution < 1.29 is 9.90 Å². The maximum Gasteiger partial charge on any atom is 0.303 e. The lowest BCUT2D eigenvalue weighted by Gasteiger charge is -1.97. The van der Waals surface area contributed by atoms with Crippen molar-refractivity contribution in [2.45, 2.75) is 51.4 Å². The largest absolute Gasteiger partial charge is 0.481 e. The van der Waals surface area contributed by atoms with Crippen molar-refractivity contribution in [3.63, 3.8) is 0 Å². The Morgan fingerprint density at radius 1 is 1.50 bits per heavy atom. The molecule has 0 spiro atoms. The van der Waals surface area contributed by atoms with Crippen LogP contribution < -0.4 is 0 Å². The monoisotopic (exact) mass is 239 g/mol. The van der Waals surface area contributed by atoms with E-state index < -0.39 is 5.97 Å². The predicted octanol–water partition coefficient (Wildman–Crippen LogP) is 2.99. The van der Waals surface area contributed by atoms with Crippen LogP contribution in [0.1, 0.15) is 54.1 Å². The van der Waals surface area contributed by atoms with Crippen LogP contribution >= 0.6 is 11.3 Å². The van der Waals surface area contributed by atoms with Crippen LogP contribution in [0.4, 0.5) is 0 Å². The van der Waals surface area contributed by atoms with E-state index in [1.54, 1.807) is 11.3 Å². The fraction of sp³-hybridized carbons (Fsp3) is 0.667. The molecule has 1 N–H and O–H groups in total. The first-order chi connectivity index (χ1) is 7.70. The van der Waals surface area contributed by atoms with Gasteiger partial charge in [-0.3, -0.25) is 4.79 Å². The van der Waals surface area contributed by atoms with E-state index in [4.69, 9.17) is 5.11 Å². The second-order valence-corrected chi connectivity index (χ2v) is 5.46. The molecule has 2 rings (SSSR count). The molecular weight excluding hydrogens is 222 g/mol. The van der Waals surface area contributed by atoms with E-state index in [9.17, 15) is 4.79 Å². The van der Waals surface area contributed by atoms with Gasteiger partial charge < -0.3 is 5.11 Å². The average molecular weight is 239 g/mol. The number of aliphatic carboxylic acids is 1. The molecule has 1 fully saturated rings. The molecule has 1 heterocycles. The van der Waals surface area contributed by atoms with Gasteiger partial charge in [0.1, 0.15) is 0 Å². The number of nitrogens with zero attached hydrogens (tertiary/aromatic N) is 1. The van der Waals surface area contributed by atoms with E-state index in [1.807, 2.05) is 0 Å². The second kappa shape index (κ2) is 4.95. The summed E-state index contributed by atoms with van der Waals surface area (Å²) in [6.45, 7) is 2.14. The highest BCUT2D eigenvalue weighted by molar-refractivity contribution is 7.11. The molecule has 0 bridgehead atoms. The first kappa shape index (κ1) is 11.6. The van der Waals surface area contributed by atoms with Gasteiger partial charge in [-0.1, -0.05) is 13.3 Å². The molecule has 1 aromatic rings. The molecule has 3 nitrogen and oxygen atoms in total. The van der Waals surface area contributed by atoms with Gasteiger partial charge in [-0.2, -0.15) is 0 Å². The fourth-order valence-corrected chi connectivity index (χ4v) is 3.04. The zero-order chi connectivity index (χ0) is 11.5. The zero-order valence-electron chi connectivity index (χ0n) is 9.53. The summed E-state index contributed by atoms with van der Waals surface area (Å²) in [6.07, 6.45) is 5.46. The van der Waals surface area contributed by atoms with Gasteiger partial charge in [0, 0.05) is 10.8 Å². The van der Waals surface area contributed by atoms with Crippen LogP contribution in [0.25, 0.3) is 0 Å². The first-order valence-corrected chi connectivity index (χ1v) is 6.72. The Hall–Kier alpha value is -0.900. The Morgan fingerprint density at radius 2 is 2.25 bits per heavy atom. The van der Waals surface area contributed by atoms with Gasteiger partial charge in [0.05, 0.1) is 17.1 Å². The second-order valence-electron chi connectivity index (χ2n) is 4.34. The van der Waals surface area contributed by atoms with Crippen LogP contribution in [0.3, 0.4) is 0 Å². The summed E-state index contributed by atoms with van der Waals surface area (Å²) in [5.41, 5.74) is 1.15. The summed E-state index contributed by atoms with van der Waals surface area (Å²) < 4.78 is 0. The third-order valence-corrected chi connectivity index (χ3v) is 4.09. The fourth-order valence-electron chi connectivity index (χ4n) is 1.76. The Morgan fingerprint density at radius 3 is 2.81 bits per heavy atom. The number of aryl methyl sites for hydroxylation is 2. The minimum atomic E-state index is -0.719. The molecule has 0 aliphatic heterocycles. The molecule has 88 valence electrons. The molecule has 0 atom stereocenters. The van der Waals surface area contributed by atoms with Crippen LogP contribution in [-0.4, -0.2) is 16.1 Å². The van der Waals surface area contributed by atoms with Crippen molar-refractivity contribution >= 4 is 17.3 Å². The summed E-state index contributed by atoms with van der Waals surface area (Å²) in [5.74, 6) is -0.0389. The van der Waals surface area contributed by atoms with Gasteiger partial charge in [-0.05, 0) is 25.7 Å². The smallest absolute Gasteiger partial charge is 0.303 e. The molecule has 1 saturated carbocycles. The quantitative estimate of drug-likeness (QED) is 0.830. The predicted molar refractivity (Wildman–Crippen MR) is 64.0 cm³/mol. The highest BCUT2D eigenvalue weighted by atomic mass is 32.1. The molecule has 0 saturated heterocycles. The topological polar surface area (TPSA) is 50.2 Å². The van der Waals surface area contributed by atoms with Crippen LogP contribution in [0, 0.1) is 0 Å². The molecule has 0 radical (unpaired) electrons. The van der Waals surface area contributed by atoms with Crippen molar-refractivity contribution in [1.82, 2.24) is 4.98 Å². The maximum absolute atomic E-state index is 10.6. The molecule has 0 amide bonds. The molecular formula is C12H17NO2S. The summed E-state index contributed by atoms with van der Waals surface area (Å²) >= 11 is 1.74. The SMILES string of the molecule is CCCc1nc(C2CC2)sc1CCC(=O)O. The van der Waals surface area contributed by atoms with Gasteiger partial charge in [0.2, 0.25) is 0 Å². The number of hydrogen-bond donors (Lipinski definition) is 1. The number of rotatable bonds is 6. The molecule has 1 aliphatic rings. The zero-order valence-corrected chi connectivity index (χ0v) is 10.3. The van der Waals surface area contributed by atoms with Crippen molar-refractivity contribution in [1.29, 1.82) is 0 Å². The van der Waals surface area contributed by atoms with Gasteiger partial charge in [-0.15, -0.1) is 11.3 Å². The lowest BCUT2D eigenvalue weighted by atomic mass is 10.2. The molecule has 16 heavy (non-hydrogen) atoms. The van der Waals surface area contributed by atoms with E-state index in [0.29, 0.717) is 12.3 Å². The van der Waals surface area contributed by atoms with Crippen LogP contribution in [0.2, 0.25) is 0 Å². The number of aromatic nitrogens is 1. The lowest BCUT2D eigenvalue weighted by molar-refractivity contribution is -0.136. The third kappa shape index (κ3) is 2.82. The molecule has 1 aromatic heterocycles. The van der Waals surface area contributed by atoms with Gasteiger partial charge in [0.25, 0.3) is 0 Å². The van der Waals surface area contributed by atoms with Gasteiger partial charge >= 0.3 is 5.97 Å². The Labute approximate surface area is 99.5 Å². The van der Waals surface area contributed by atoms with Crippen molar-refractivity contribution in [2.24, 2.45) is 0 Å². The molecule has 1 aliphatic carbocycles. The number of carboxylic acids is 1. The molecule has 4 heteroatoms. The summed E-state index contributed by atoms with van der Waals surface area (Å²) in [7, 11) is 0. The van der Waals surface area contributed by atoms with Gasteiger partial charge in [-0.25, -0.2) is 4.98 Å². The van der Waals surface area contributed by atoms with E-state index in [1.165, 1.54) is 22.7 Å². The number of thiazole rings is 1. The summed E-state index contributed by atoms with van der Waals surface area (Å²) in [6, 6.07) is 0. The highest BCUT2D eigenvalue weighted by Gasteiger charge is 2.28. The van der Waals surface area contributed by atoms with E-state index in [-0.39, 0.29) is 6.42 Å². The average Bonchev–Trinajstić information content (AvgIpc) is 3.00. The Balaban J connectivity index is 2.09. The molecule has 0 unspecified atom stereocenters. The van der Waals surface area contributed by atoms with E-state index in [0.717, 1.165) is 18.5 Å². The van der Waals surface area contributed by atoms with Gasteiger partial charge in [0.15, 0.2) is 0 Å². The van der Waals surface area contributed by atoms with Crippen LogP contribution in [0.15, 0.2) is 0 Å². The minimum Gasteiger partial charge on any atom is -0.481 e. The van der Waals surface area contributed by atoms with Crippen molar-refractivity contribution in [3.05, 3.63) is 15.6 Å². The summed E-state index contributed by atoms with van der Waals surface area (Å²) in [4.78, 5) is 16.4. The third-order valence-electron chi connectivity index (χ3n) is 2.77. The van der Waals surface area contributed by atoms with Crippen molar-refractivity contribution in [3.8, 4) is 0 Å². The maximum atomic E-state index is 10.6. The van der Waals surface area contributed by atoms with Crippen LogP contribution in [-0.2, 0) is 17.6 Å². The number of carboxylic acid groups (broad SMARTS) is 1. The normalized spacial score (nSPS) is 15.3. The Bertz CT molecular complexity index is 382. The first-order valence-electron chi connectivity index (χ1n) is 5.91. The number of carbonyl (C=O) groups is 1. The van der Waals surface area contributed by atoms with Crippen molar-refractivity contribution in [2.75, 3.05) is 0 Å². The van der Waals surface area contributed by atoms with E-state index in [2.05, 4.69) is 11.9 Å². The Kier molecular flexibility index (Phi) is 3.59. The van der Waals surface area contributed by atoms with E-state index >= 15 is 0 Å². The molecule has 0 aromatic carbocycles. The standard InChI is InChI=1S/C12H17NO2S/c1-2-3-9-10(6-7-11(14)15)16-12(13-9)8-4-5-8/h8H,2-7H2,1H3,(H,14,15). The summed E-state index contributed by atoms with van der Waals surface area (Å²) in [5, 5.41) is 9.95. The lowest BCUT2D eigenvalue weighted by Crippen LogP contribution is -1.98. The highest BCUT2D eigenvalue weighted by Crippen LogP contribution is 2.43. The minimum absolute atomic E-state index is 0.225.